The summed E-state index contributed by atoms with van der Waals surface area (Å²) in [4.78, 5) is 27.8. The van der Waals surface area contributed by atoms with Crippen molar-refractivity contribution in [2.24, 2.45) is 0 Å². The van der Waals surface area contributed by atoms with Gasteiger partial charge in [-0.25, -0.2) is 0 Å². The first-order valence-electron chi connectivity index (χ1n) is 10.2. The number of hydrogen-bond donors (Lipinski definition) is 0. The van der Waals surface area contributed by atoms with Gasteiger partial charge in [-0.15, -0.1) is 0 Å². The van der Waals surface area contributed by atoms with Crippen LogP contribution < -0.4 is 14.8 Å². The number of halogens is 1. The molecule has 5 nitrogen and oxygen atoms in total. The van der Waals surface area contributed by atoms with E-state index in [-0.39, 0.29) is 46.2 Å². The zero-order valence-corrected chi connectivity index (χ0v) is 19.8. The zero-order valence-electron chi connectivity index (χ0n) is 18.1. The highest BCUT2D eigenvalue weighted by molar-refractivity contribution is 8.01. The van der Waals surface area contributed by atoms with Gasteiger partial charge in [-0.3, -0.25) is 9.59 Å². The van der Waals surface area contributed by atoms with Crippen LogP contribution in [0.15, 0.2) is 66.7 Å². The lowest BCUT2D eigenvalue weighted by Crippen LogP contribution is -2.22. The maximum absolute atomic E-state index is 14.6. The van der Waals surface area contributed by atoms with Crippen molar-refractivity contribution in [3.63, 3.8) is 0 Å². The Hall–Kier alpha value is -2.88. The fourth-order valence-corrected chi connectivity index (χ4v) is 6.22. The number of ether oxygens (including phenoxy) is 2. The van der Waals surface area contributed by atoms with Gasteiger partial charge in [0, 0.05) is 10.9 Å². The normalized spacial score (nSPS) is 12.6. The molecule has 7 heteroatoms. The number of aryl methyl sites for hydroxylation is 1. The fraction of sp³-hybridized carbons (Fsp3) is 0.200. The second kappa shape index (κ2) is 10.2. The maximum atomic E-state index is 14.6. The first-order valence-corrected chi connectivity index (χ1v) is 12.3. The van der Waals surface area contributed by atoms with Gasteiger partial charge in [0.2, 0.25) is 18.2 Å². The molecule has 0 radical (unpaired) electrons. The van der Waals surface area contributed by atoms with E-state index in [0.29, 0.717) is 5.56 Å². The molecule has 3 rings (SSSR count). The molecule has 3 aromatic carbocycles. The molecule has 0 fully saturated rings. The van der Waals surface area contributed by atoms with E-state index in [2.05, 4.69) is 0 Å². The summed E-state index contributed by atoms with van der Waals surface area (Å²) in [6.45, 7) is 5.80. The van der Waals surface area contributed by atoms with Gasteiger partial charge < -0.3 is 14.0 Å². The second-order valence-electron chi connectivity index (χ2n) is 6.98. The lowest BCUT2D eigenvalue weighted by molar-refractivity contribution is 0.103. The minimum atomic E-state index is -4.37. The standard InChI is InChI=1S/C25H24ClO5P/c1-4-30-20-15-10-16-21(31-5-2)23(20)25(28)32(29,18-12-7-6-8-13-18)24(27)22-17(3)11-9-14-19(22)26/h6-16H,4-5H2,1-3H3. The summed E-state index contributed by atoms with van der Waals surface area (Å²) in [7, 11) is -4.37. The summed E-state index contributed by atoms with van der Waals surface area (Å²) in [6, 6.07) is 17.9. The molecule has 3 aromatic rings. The van der Waals surface area contributed by atoms with E-state index in [1.54, 1.807) is 75.4 Å². The van der Waals surface area contributed by atoms with E-state index in [0.717, 1.165) is 0 Å². The van der Waals surface area contributed by atoms with Crippen LogP contribution in [0.3, 0.4) is 0 Å². The third-order valence-electron chi connectivity index (χ3n) is 4.93. The average Bonchev–Trinajstić information content (AvgIpc) is 2.79. The number of benzene rings is 3. The molecule has 1 unspecified atom stereocenters. The number of rotatable bonds is 9. The highest BCUT2D eigenvalue weighted by Gasteiger charge is 2.46. The molecule has 32 heavy (non-hydrogen) atoms. The van der Waals surface area contributed by atoms with Crippen LogP contribution in [0.4, 0.5) is 0 Å². The summed E-state index contributed by atoms with van der Waals surface area (Å²) in [5.74, 6) is 0.423. The Morgan fingerprint density at radius 2 is 1.31 bits per heavy atom. The molecule has 0 spiro atoms. The van der Waals surface area contributed by atoms with E-state index in [1.807, 2.05) is 0 Å². The Bertz CT molecular complexity index is 1150. The van der Waals surface area contributed by atoms with Gasteiger partial charge in [0.1, 0.15) is 17.1 Å². The van der Waals surface area contributed by atoms with Gasteiger partial charge in [0.25, 0.3) is 0 Å². The summed E-state index contributed by atoms with van der Waals surface area (Å²) in [5, 5.41) is 0.269. The number of carbonyl (C=O) groups is 2. The largest absolute Gasteiger partial charge is 0.493 e. The lowest BCUT2D eigenvalue weighted by Gasteiger charge is -2.21. The Kier molecular flexibility index (Phi) is 7.55. The maximum Gasteiger partial charge on any atom is 0.249 e. The second-order valence-corrected chi connectivity index (χ2v) is 9.94. The Morgan fingerprint density at radius 3 is 1.84 bits per heavy atom. The van der Waals surface area contributed by atoms with Crippen molar-refractivity contribution >= 4 is 35.1 Å². The molecular weight excluding hydrogens is 447 g/mol. The fourth-order valence-electron chi connectivity index (χ4n) is 3.46. The third-order valence-corrected chi connectivity index (χ3v) is 7.86. The van der Waals surface area contributed by atoms with Crippen LogP contribution in [0, 0.1) is 6.92 Å². The van der Waals surface area contributed by atoms with Crippen LogP contribution >= 0.6 is 18.7 Å². The van der Waals surface area contributed by atoms with Crippen LogP contribution in [0.1, 0.15) is 40.1 Å². The van der Waals surface area contributed by atoms with Crippen molar-refractivity contribution < 1.29 is 23.6 Å². The first-order chi connectivity index (χ1) is 15.4. The van der Waals surface area contributed by atoms with Crippen LogP contribution in [-0.2, 0) is 4.57 Å². The minimum absolute atomic E-state index is 0.0126. The first kappa shape index (κ1) is 23.8. The van der Waals surface area contributed by atoms with Gasteiger partial charge >= 0.3 is 0 Å². The average molecular weight is 471 g/mol. The monoisotopic (exact) mass is 470 g/mol. The van der Waals surface area contributed by atoms with Crippen molar-refractivity contribution in [1.82, 2.24) is 0 Å². The highest BCUT2D eigenvalue weighted by Crippen LogP contribution is 2.54. The van der Waals surface area contributed by atoms with Gasteiger partial charge in [-0.05, 0) is 44.5 Å². The summed E-state index contributed by atoms with van der Waals surface area (Å²) < 4.78 is 25.9. The molecule has 166 valence electrons. The van der Waals surface area contributed by atoms with E-state index in [9.17, 15) is 14.2 Å². The molecule has 1 atom stereocenters. The molecule has 0 aliphatic heterocycles. The Balaban J connectivity index is 2.31. The highest BCUT2D eigenvalue weighted by atomic mass is 35.5. The number of carbonyl (C=O) groups excluding carboxylic acids is 2. The molecule has 0 saturated carbocycles. The topological polar surface area (TPSA) is 69.7 Å². The molecule has 0 N–H and O–H groups in total. The van der Waals surface area contributed by atoms with Gasteiger partial charge in [0.05, 0.1) is 18.2 Å². The molecule has 0 aliphatic carbocycles. The summed E-state index contributed by atoms with van der Waals surface area (Å²) in [5.41, 5.74) is -1.07. The molecule has 0 bridgehead atoms. The smallest absolute Gasteiger partial charge is 0.249 e. The summed E-state index contributed by atoms with van der Waals surface area (Å²) in [6.07, 6.45) is 0. The predicted octanol–water partition coefficient (Wildman–Crippen LogP) is 6.12. The molecule has 0 aromatic heterocycles. The van der Waals surface area contributed by atoms with Gasteiger partial charge in [-0.2, -0.15) is 0 Å². The number of hydrogen-bond acceptors (Lipinski definition) is 5. The van der Waals surface area contributed by atoms with Crippen molar-refractivity contribution in [2.45, 2.75) is 20.8 Å². The summed E-state index contributed by atoms with van der Waals surface area (Å²) >= 11 is 6.33. The molecule has 0 amide bonds. The predicted molar refractivity (Wildman–Crippen MR) is 127 cm³/mol. The Morgan fingerprint density at radius 1 is 0.781 bits per heavy atom. The lowest BCUT2D eigenvalue weighted by atomic mass is 10.1. The van der Waals surface area contributed by atoms with E-state index in [4.69, 9.17) is 21.1 Å². The molecule has 0 saturated heterocycles. The quantitative estimate of drug-likeness (QED) is 0.352. The van der Waals surface area contributed by atoms with Crippen LogP contribution in [0.5, 0.6) is 11.5 Å². The van der Waals surface area contributed by atoms with Crippen molar-refractivity contribution in [2.75, 3.05) is 13.2 Å². The Labute approximate surface area is 192 Å². The van der Waals surface area contributed by atoms with Crippen molar-refractivity contribution in [1.29, 1.82) is 0 Å². The third kappa shape index (κ3) is 4.36. The van der Waals surface area contributed by atoms with E-state index in [1.165, 1.54) is 12.1 Å². The van der Waals surface area contributed by atoms with Gasteiger partial charge in [0.15, 0.2) is 0 Å². The van der Waals surface area contributed by atoms with Gasteiger partial charge in [-0.1, -0.05) is 60.1 Å². The van der Waals surface area contributed by atoms with Crippen LogP contribution in [0.2, 0.25) is 5.02 Å². The SMILES string of the molecule is CCOc1cccc(OCC)c1C(=O)P(=O)(C(=O)c1c(C)cccc1Cl)c1ccccc1. The van der Waals surface area contributed by atoms with Crippen LogP contribution in [0.25, 0.3) is 0 Å². The zero-order chi connectivity index (χ0) is 23.3. The van der Waals surface area contributed by atoms with E-state index >= 15 is 0 Å². The molecular formula is C25H24ClO5P. The molecule has 0 heterocycles. The molecule has 0 aliphatic rings. The van der Waals surface area contributed by atoms with Crippen LogP contribution in [-0.4, -0.2) is 24.3 Å². The van der Waals surface area contributed by atoms with E-state index < -0.39 is 18.2 Å². The van der Waals surface area contributed by atoms with Crippen molar-refractivity contribution in [3.8, 4) is 11.5 Å². The minimum Gasteiger partial charge on any atom is -0.493 e. The van der Waals surface area contributed by atoms with Crippen molar-refractivity contribution in [3.05, 3.63) is 88.4 Å².